The molecule has 0 heterocycles. The molecule has 0 aliphatic carbocycles. The van der Waals surface area contributed by atoms with Gasteiger partial charge in [-0.25, -0.2) is 0 Å². The van der Waals surface area contributed by atoms with Gasteiger partial charge in [0, 0.05) is 19.3 Å². The topological polar surface area (TPSA) is 78.9 Å². The summed E-state index contributed by atoms with van der Waals surface area (Å²) in [6.45, 7) is 9.06. The van der Waals surface area contributed by atoms with Gasteiger partial charge in [-0.3, -0.25) is 14.4 Å². The van der Waals surface area contributed by atoms with E-state index >= 15 is 0 Å². The highest BCUT2D eigenvalue weighted by Gasteiger charge is 2.19. The number of hydrogen-bond acceptors (Lipinski definition) is 6. The number of carbonyl (C=O) groups excluding carboxylic acids is 3. The molecule has 0 aromatic heterocycles. The monoisotopic (exact) mass is 891 g/mol. The maximum atomic E-state index is 12.8. The van der Waals surface area contributed by atoms with Crippen LogP contribution in [-0.2, 0) is 28.6 Å². The summed E-state index contributed by atoms with van der Waals surface area (Å²) in [5.74, 6) is 0.0195. The van der Waals surface area contributed by atoms with Gasteiger partial charge >= 0.3 is 17.9 Å². The molecule has 6 heteroatoms. The molecule has 374 valence electrons. The van der Waals surface area contributed by atoms with Crippen molar-refractivity contribution in [1.82, 2.24) is 0 Å². The largest absolute Gasteiger partial charge is 0.462 e. The van der Waals surface area contributed by atoms with Crippen LogP contribution in [0.4, 0.5) is 0 Å². The van der Waals surface area contributed by atoms with Gasteiger partial charge < -0.3 is 14.2 Å². The maximum absolute atomic E-state index is 12.8. The quantitative estimate of drug-likeness (QED) is 0.0344. The molecule has 0 radical (unpaired) electrons. The number of ether oxygens (including phenoxy) is 3. The van der Waals surface area contributed by atoms with Crippen LogP contribution in [0.3, 0.4) is 0 Å². The molecule has 1 atom stereocenters. The van der Waals surface area contributed by atoms with Gasteiger partial charge in [-0.05, 0) is 25.2 Å². The van der Waals surface area contributed by atoms with E-state index in [1.165, 1.54) is 218 Å². The number of esters is 3. The van der Waals surface area contributed by atoms with Gasteiger partial charge in [-0.1, -0.05) is 285 Å². The summed E-state index contributed by atoms with van der Waals surface area (Å²) in [6.07, 6.45) is 55.2. The summed E-state index contributed by atoms with van der Waals surface area (Å²) in [7, 11) is 0. The van der Waals surface area contributed by atoms with E-state index in [0.717, 1.165) is 63.7 Å². The van der Waals surface area contributed by atoms with E-state index in [0.29, 0.717) is 19.3 Å². The van der Waals surface area contributed by atoms with Crippen LogP contribution in [0, 0.1) is 5.92 Å². The van der Waals surface area contributed by atoms with Crippen molar-refractivity contribution >= 4 is 17.9 Å². The highest BCUT2D eigenvalue weighted by atomic mass is 16.6. The summed E-state index contributed by atoms with van der Waals surface area (Å²) in [4.78, 5) is 38.0. The molecule has 0 aliphatic rings. The molecule has 0 aromatic carbocycles. The van der Waals surface area contributed by atoms with Crippen LogP contribution in [-0.4, -0.2) is 37.2 Å². The van der Waals surface area contributed by atoms with Gasteiger partial charge in [0.15, 0.2) is 6.10 Å². The highest BCUT2D eigenvalue weighted by Crippen LogP contribution is 2.18. The lowest BCUT2D eigenvalue weighted by molar-refractivity contribution is -0.167. The van der Waals surface area contributed by atoms with Gasteiger partial charge in [-0.15, -0.1) is 0 Å². The second kappa shape index (κ2) is 51.4. The summed E-state index contributed by atoms with van der Waals surface area (Å²) in [5, 5.41) is 0. The fourth-order valence-corrected chi connectivity index (χ4v) is 8.75. The molecular weight excluding hydrogens is 781 g/mol. The molecular formula is C57H110O6. The Kier molecular flexibility index (Phi) is 50.1. The van der Waals surface area contributed by atoms with Gasteiger partial charge in [0.25, 0.3) is 0 Å². The minimum absolute atomic E-state index is 0.0620. The van der Waals surface area contributed by atoms with Crippen molar-refractivity contribution in [1.29, 1.82) is 0 Å². The average Bonchev–Trinajstić information content (AvgIpc) is 3.27. The summed E-state index contributed by atoms with van der Waals surface area (Å²) in [6, 6.07) is 0. The molecule has 0 amide bonds. The number of rotatable bonds is 52. The van der Waals surface area contributed by atoms with Gasteiger partial charge in [0.1, 0.15) is 13.2 Å². The molecule has 0 saturated heterocycles. The lowest BCUT2D eigenvalue weighted by atomic mass is 10.0. The Bertz CT molecular complexity index is 949. The molecule has 0 rings (SSSR count). The molecule has 0 spiro atoms. The van der Waals surface area contributed by atoms with Gasteiger partial charge in [0.05, 0.1) is 0 Å². The number of unbranched alkanes of at least 4 members (excludes halogenated alkanes) is 39. The fourth-order valence-electron chi connectivity index (χ4n) is 8.75. The van der Waals surface area contributed by atoms with Crippen LogP contribution >= 0.6 is 0 Å². The Hall–Kier alpha value is -1.59. The minimum Gasteiger partial charge on any atom is -0.462 e. The van der Waals surface area contributed by atoms with E-state index < -0.39 is 6.10 Å². The normalized spacial score (nSPS) is 12.0. The zero-order valence-corrected chi connectivity index (χ0v) is 43.0. The average molecular weight is 892 g/mol. The fraction of sp³-hybridized carbons (Fsp3) is 0.947. The number of carbonyl (C=O) groups is 3. The van der Waals surface area contributed by atoms with Crippen LogP contribution in [0.25, 0.3) is 0 Å². The van der Waals surface area contributed by atoms with Crippen LogP contribution in [0.5, 0.6) is 0 Å². The van der Waals surface area contributed by atoms with Crippen molar-refractivity contribution in [2.45, 2.75) is 329 Å². The Morgan fingerprint density at radius 2 is 0.524 bits per heavy atom. The lowest BCUT2D eigenvalue weighted by Gasteiger charge is -2.18. The van der Waals surface area contributed by atoms with Crippen LogP contribution in [0.1, 0.15) is 323 Å². The Labute approximate surface area is 393 Å². The standard InChI is InChI=1S/C57H110O6/c1-5-7-9-11-13-15-17-18-26-29-33-37-41-45-49-56(59)62-52-54(51-61-55(58)48-44-40-36-32-16-14-12-10-8-6-2)63-57(60)50-46-42-38-34-30-27-24-22-20-19-21-23-25-28-31-35-39-43-47-53(3)4/h53-54H,5-52H2,1-4H3/t54-/m1/s1. The van der Waals surface area contributed by atoms with Crippen molar-refractivity contribution in [2.75, 3.05) is 13.2 Å². The van der Waals surface area contributed by atoms with Crippen molar-refractivity contribution < 1.29 is 28.6 Å². The first-order chi connectivity index (χ1) is 30.9. The summed E-state index contributed by atoms with van der Waals surface area (Å²) >= 11 is 0. The predicted octanol–water partition coefficient (Wildman–Crippen LogP) is 18.6. The second-order valence-electron chi connectivity index (χ2n) is 20.1. The van der Waals surface area contributed by atoms with E-state index in [-0.39, 0.29) is 31.1 Å². The third-order valence-corrected chi connectivity index (χ3v) is 13.0. The first kappa shape index (κ1) is 61.4. The van der Waals surface area contributed by atoms with Crippen molar-refractivity contribution in [3.63, 3.8) is 0 Å². The first-order valence-corrected chi connectivity index (χ1v) is 28.4. The Morgan fingerprint density at radius 3 is 0.778 bits per heavy atom. The first-order valence-electron chi connectivity index (χ1n) is 28.4. The predicted molar refractivity (Wildman–Crippen MR) is 270 cm³/mol. The maximum Gasteiger partial charge on any atom is 0.306 e. The van der Waals surface area contributed by atoms with Crippen LogP contribution in [0.2, 0.25) is 0 Å². The molecule has 6 nitrogen and oxygen atoms in total. The third-order valence-electron chi connectivity index (χ3n) is 13.0. The van der Waals surface area contributed by atoms with Gasteiger partial charge in [-0.2, -0.15) is 0 Å². The summed E-state index contributed by atoms with van der Waals surface area (Å²) < 4.78 is 16.8. The van der Waals surface area contributed by atoms with E-state index in [1.54, 1.807) is 0 Å². The van der Waals surface area contributed by atoms with E-state index in [1.807, 2.05) is 0 Å². The molecule has 0 N–H and O–H groups in total. The van der Waals surface area contributed by atoms with Crippen molar-refractivity contribution in [3.05, 3.63) is 0 Å². The van der Waals surface area contributed by atoms with E-state index in [2.05, 4.69) is 27.7 Å². The SMILES string of the molecule is CCCCCCCCCCCCCCCCC(=O)OC[C@@H](COC(=O)CCCCCCCCCCCC)OC(=O)CCCCCCCCCCCCCCCCCCCCC(C)C. The van der Waals surface area contributed by atoms with E-state index in [9.17, 15) is 14.4 Å². The smallest absolute Gasteiger partial charge is 0.306 e. The van der Waals surface area contributed by atoms with Crippen molar-refractivity contribution in [3.8, 4) is 0 Å². The molecule has 0 fully saturated rings. The van der Waals surface area contributed by atoms with Crippen molar-refractivity contribution in [2.24, 2.45) is 5.92 Å². The molecule has 63 heavy (non-hydrogen) atoms. The summed E-state index contributed by atoms with van der Waals surface area (Å²) in [5.41, 5.74) is 0. The lowest BCUT2D eigenvalue weighted by Crippen LogP contribution is -2.30. The van der Waals surface area contributed by atoms with Crippen LogP contribution < -0.4 is 0 Å². The Balaban J connectivity index is 4.21. The van der Waals surface area contributed by atoms with Gasteiger partial charge in [0.2, 0.25) is 0 Å². The molecule has 0 bridgehead atoms. The minimum atomic E-state index is -0.760. The second-order valence-corrected chi connectivity index (χ2v) is 20.1. The highest BCUT2D eigenvalue weighted by molar-refractivity contribution is 5.71. The van der Waals surface area contributed by atoms with Crippen LogP contribution in [0.15, 0.2) is 0 Å². The molecule has 0 unspecified atom stereocenters. The third kappa shape index (κ3) is 51.3. The van der Waals surface area contributed by atoms with E-state index in [4.69, 9.17) is 14.2 Å². The zero-order valence-electron chi connectivity index (χ0n) is 43.0. The molecule has 0 saturated carbocycles. The zero-order chi connectivity index (χ0) is 45.9. The molecule has 0 aliphatic heterocycles. The molecule has 0 aromatic rings. The number of hydrogen-bond donors (Lipinski definition) is 0. The Morgan fingerprint density at radius 1 is 0.302 bits per heavy atom.